The summed E-state index contributed by atoms with van der Waals surface area (Å²) in [4.78, 5) is 11.7. The predicted octanol–water partition coefficient (Wildman–Crippen LogP) is 6.53. The van der Waals surface area contributed by atoms with Gasteiger partial charge in [0.05, 0.1) is 25.7 Å². The number of fused-ring (bicyclic) bond motifs is 1. The van der Waals surface area contributed by atoms with Gasteiger partial charge in [-0.15, -0.1) is 0 Å². The lowest BCUT2D eigenvalue weighted by atomic mass is 9.81. The Morgan fingerprint density at radius 3 is 2.50 bits per heavy atom. The monoisotopic (exact) mass is 460 g/mol. The first-order chi connectivity index (χ1) is 16.4. The molecular formula is C29H29FO4. The minimum Gasteiger partial charge on any atom is -0.497 e. The van der Waals surface area contributed by atoms with E-state index in [1.807, 2.05) is 31.2 Å². The summed E-state index contributed by atoms with van der Waals surface area (Å²) in [5.74, 6) is -0.283. The van der Waals surface area contributed by atoms with Gasteiger partial charge >= 0.3 is 5.97 Å². The quantitative estimate of drug-likeness (QED) is 0.436. The highest BCUT2D eigenvalue weighted by atomic mass is 19.1. The van der Waals surface area contributed by atoms with Gasteiger partial charge in [-0.3, -0.25) is 4.79 Å². The molecule has 34 heavy (non-hydrogen) atoms. The van der Waals surface area contributed by atoms with Crippen molar-refractivity contribution in [3.05, 3.63) is 88.7 Å². The van der Waals surface area contributed by atoms with Crippen molar-refractivity contribution in [1.82, 2.24) is 0 Å². The summed E-state index contributed by atoms with van der Waals surface area (Å²) in [5.41, 5.74) is 5.84. The van der Waals surface area contributed by atoms with Gasteiger partial charge in [0.1, 0.15) is 11.6 Å². The largest absolute Gasteiger partial charge is 0.497 e. The fourth-order valence-corrected chi connectivity index (χ4v) is 5.16. The van der Waals surface area contributed by atoms with Crippen LogP contribution in [0.5, 0.6) is 5.75 Å². The second-order valence-corrected chi connectivity index (χ2v) is 9.49. The van der Waals surface area contributed by atoms with Crippen LogP contribution in [0.4, 0.5) is 4.39 Å². The van der Waals surface area contributed by atoms with Crippen molar-refractivity contribution < 1.29 is 23.8 Å². The van der Waals surface area contributed by atoms with Crippen LogP contribution in [0, 0.1) is 17.7 Å². The van der Waals surface area contributed by atoms with Gasteiger partial charge in [0.15, 0.2) is 0 Å². The number of carboxylic acid groups (broad SMARTS) is 1. The topological polar surface area (TPSA) is 55.8 Å². The van der Waals surface area contributed by atoms with Crippen molar-refractivity contribution in [2.24, 2.45) is 11.8 Å². The molecular weight excluding hydrogens is 431 g/mol. The number of ether oxygens (including phenoxy) is 2. The molecule has 0 bridgehead atoms. The first kappa shape index (κ1) is 22.6. The number of carbonyl (C=O) groups is 1. The van der Waals surface area contributed by atoms with E-state index in [1.54, 1.807) is 19.2 Å². The first-order valence-corrected chi connectivity index (χ1v) is 11.8. The second-order valence-electron chi connectivity index (χ2n) is 9.49. The lowest BCUT2D eigenvalue weighted by molar-refractivity contribution is -0.142. The molecule has 1 saturated carbocycles. The molecule has 4 nitrogen and oxygen atoms in total. The molecule has 1 N–H and O–H groups in total. The minimum atomic E-state index is -0.733. The van der Waals surface area contributed by atoms with E-state index in [0.29, 0.717) is 23.8 Å². The molecule has 1 heterocycles. The van der Waals surface area contributed by atoms with Crippen LogP contribution < -0.4 is 4.74 Å². The molecule has 3 aromatic rings. The molecule has 1 fully saturated rings. The fourth-order valence-electron chi connectivity index (χ4n) is 5.16. The Kier molecular flexibility index (Phi) is 6.13. The average Bonchev–Trinajstić information content (AvgIpc) is 3.69. The molecule has 5 rings (SSSR count). The molecule has 1 aliphatic carbocycles. The van der Waals surface area contributed by atoms with Crippen LogP contribution in [0.1, 0.15) is 54.0 Å². The summed E-state index contributed by atoms with van der Waals surface area (Å²) in [7, 11) is 1.57. The summed E-state index contributed by atoms with van der Waals surface area (Å²) < 4.78 is 25.8. The summed E-state index contributed by atoms with van der Waals surface area (Å²) in [6.07, 6.45) is 2.84. The third-order valence-corrected chi connectivity index (χ3v) is 7.29. The van der Waals surface area contributed by atoms with Gasteiger partial charge in [0.2, 0.25) is 0 Å². The Labute approximate surface area is 199 Å². The standard InChI is InChI=1S/C29H29FO4/c1-17(29(31)32)28(20-7-8-20)21-9-10-22-16-34-27(14-23(22)13-21)19-5-3-18(4-6-19)25-15-24(33-2)11-12-26(25)30/h3-6,9-13,15,17,20,27-28H,7-8,14,16H2,1-2H3,(H,31,32)/t17-,27+,28-/m0/s1. The fraction of sp³-hybridized carbons (Fsp3) is 0.345. The minimum absolute atomic E-state index is 0.0566. The highest BCUT2D eigenvalue weighted by molar-refractivity contribution is 5.71. The van der Waals surface area contributed by atoms with Crippen molar-refractivity contribution >= 4 is 5.97 Å². The van der Waals surface area contributed by atoms with Crippen LogP contribution in [-0.4, -0.2) is 18.2 Å². The molecule has 3 atom stereocenters. The van der Waals surface area contributed by atoms with Gasteiger partial charge < -0.3 is 14.6 Å². The van der Waals surface area contributed by atoms with Gasteiger partial charge in [-0.1, -0.05) is 49.4 Å². The third kappa shape index (κ3) is 4.45. The molecule has 1 aliphatic heterocycles. The van der Waals surface area contributed by atoms with Crippen molar-refractivity contribution in [1.29, 1.82) is 0 Å². The smallest absolute Gasteiger partial charge is 0.306 e. The first-order valence-electron chi connectivity index (χ1n) is 11.8. The van der Waals surface area contributed by atoms with Crippen molar-refractivity contribution in [3.63, 3.8) is 0 Å². The van der Waals surface area contributed by atoms with Gasteiger partial charge in [0.25, 0.3) is 0 Å². The van der Waals surface area contributed by atoms with Crippen molar-refractivity contribution in [3.8, 4) is 16.9 Å². The highest BCUT2D eigenvalue weighted by Gasteiger charge is 2.39. The Morgan fingerprint density at radius 2 is 1.82 bits per heavy atom. The molecule has 2 aliphatic rings. The number of benzene rings is 3. The summed E-state index contributed by atoms with van der Waals surface area (Å²) >= 11 is 0. The maximum absolute atomic E-state index is 14.4. The van der Waals surface area contributed by atoms with Gasteiger partial charge in [-0.2, -0.15) is 0 Å². The number of aliphatic carboxylic acids is 1. The van der Waals surface area contributed by atoms with E-state index >= 15 is 0 Å². The Hall–Kier alpha value is -3.18. The zero-order valence-electron chi connectivity index (χ0n) is 19.5. The van der Waals surface area contributed by atoms with E-state index in [0.717, 1.165) is 41.5 Å². The molecule has 3 aromatic carbocycles. The van der Waals surface area contributed by atoms with E-state index in [2.05, 4.69) is 18.2 Å². The van der Waals surface area contributed by atoms with E-state index < -0.39 is 11.9 Å². The molecule has 5 heteroatoms. The van der Waals surface area contributed by atoms with Gasteiger partial charge in [-0.25, -0.2) is 4.39 Å². The molecule has 0 radical (unpaired) electrons. The van der Waals surface area contributed by atoms with E-state index in [9.17, 15) is 14.3 Å². The molecule has 0 spiro atoms. The lowest BCUT2D eigenvalue weighted by Gasteiger charge is -2.28. The van der Waals surface area contributed by atoms with Crippen molar-refractivity contribution in [2.45, 2.75) is 44.8 Å². The van der Waals surface area contributed by atoms with Crippen molar-refractivity contribution in [2.75, 3.05) is 7.11 Å². The number of hydrogen-bond donors (Lipinski definition) is 1. The Balaban J connectivity index is 1.37. The lowest BCUT2D eigenvalue weighted by Crippen LogP contribution is -2.22. The van der Waals surface area contributed by atoms with Gasteiger partial charge in [-0.05, 0) is 70.7 Å². The van der Waals surface area contributed by atoms with Crippen LogP contribution >= 0.6 is 0 Å². The summed E-state index contributed by atoms with van der Waals surface area (Å²) in [5, 5.41) is 9.62. The maximum Gasteiger partial charge on any atom is 0.306 e. The second kappa shape index (κ2) is 9.22. The number of carboxylic acids is 1. The Bertz CT molecular complexity index is 1200. The number of methoxy groups -OCH3 is 1. The number of rotatable bonds is 7. The molecule has 0 saturated heterocycles. The highest BCUT2D eigenvalue weighted by Crippen LogP contribution is 2.47. The number of hydrogen-bond acceptors (Lipinski definition) is 3. The van der Waals surface area contributed by atoms with E-state index in [4.69, 9.17) is 9.47 Å². The zero-order chi connectivity index (χ0) is 23.8. The average molecular weight is 461 g/mol. The molecule has 0 unspecified atom stereocenters. The molecule has 0 aromatic heterocycles. The van der Waals surface area contributed by atoms with Crippen LogP contribution in [0.15, 0.2) is 60.7 Å². The van der Waals surface area contributed by atoms with Crippen LogP contribution in [0.3, 0.4) is 0 Å². The normalized spacial score (nSPS) is 19.2. The van der Waals surface area contributed by atoms with E-state index in [-0.39, 0.29) is 17.8 Å². The molecule has 176 valence electrons. The summed E-state index contributed by atoms with van der Waals surface area (Å²) in [6.45, 7) is 2.35. The predicted molar refractivity (Wildman–Crippen MR) is 128 cm³/mol. The van der Waals surface area contributed by atoms with Crippen LogP contribution in [0.2, 0.25) is 0 Å². The maximum atomic E-state index is 14.4. The SMILES string of the molecule is COc1ccc(F)c(-c2ccc([C@H]3Cc4cc([C@H](C5CC5)[C@H](C)C(=O)O)ccc4CO3)cc2)c1. The van der Waals surface area contributed by atoms with Crippen LogP contribution in [0.25, 0.3) is 11.1 Å². The van der Waals surface area contributed by atoms with E-state index in [1.165, 1.54) is 11.6 Å². The number of halogens is 1. The summed E-state index contributed by atoms with van der Waals surface area (Å²) in [6, 6.07) is 18.9. The third-order valence-electron chi connectivity index (χ3n) is 7.29. The Morgan fingerprint density at radius 1 is 1.06 bits per heavy atom. The van der Waals surface area contributed by atoms with Crippen LogP contribution in [-0.2, 0) is 22.6 Å². The van der Waals surface area contributed by atoms with Gasteiger partial charge in [0, 0.05) is 12.0 Å². The molecule has 0 amide bonds. The zero-order valence-corrected chi connectivity index (χ0v) is 19.5.